The molecule has 1 saturated heterocycles. The van der Waals surface area contributed by atoms with Gasteiger partial charge in [0.25, 0.3) is 5.56 Å². The van der Waals surface area contributed by atoms with Crippen LogP contribution in [0.15, 0.2) is 59.7 Å². The minimum Gasteiger partial charge on any atom is -0.481 e. The maximum absolute atomic E-state index is 12.9. The van der Waals surface area contributed by atoms with E-state index in [0.29, 0.717) is 41.9 Å². The summed E-state index contributed by atoms with van der Waals surface area (Å²) in [5, 5.41) is 9.70. The van der Waals surface area contributed by atoms with Crippen molar-refractivity contribution >= 4 is 22.8 Å². The molecule has 1 N–H and O–H groups in total. The number of alkyl halides is 2. The Morgan fingerprint density at radius 3 is 2.61 bits per heavy atom. The number of hydrogen-bond acceptors (Lipinski definition) is 6. The number of hydrogen-bond donors (Lipinski definition) is 1. The Balaban J connectivity index is 1.47. The van der Waals surface area contributed by atoms with Gasteiger partial charge in [0.2, 0.25) is 5.95 Å². The number of anilines is 1. The van der Waals surface area contributed by atoms with Crippen LogP contribution < -0.4 is 15.2 Å². The van der Waals surface area contributed by atoms with Crippen LogP contribution in [-0.4, -0.2) is 50.1 Å². The largest absolute Gasteiger partial charge is 0.481 e. The Kier molecular flexibility index (Phi) is 6.13. The second kappa shape index (κ2) is 9.40. The number of halogens is 2. The van der Waals surface area contributed by atoms with Crippen molar-refractivity contribution in [3.63, 3.8) is 0 Å². The van der Waals surface area contributed by atoms with Crippen LogP contribution in [0.5, 0.6) is 5.75 Å². The maximum Gasteiger partial charge on any atom is 0.387 e. The summed E-state index contributed by atoms with van der Waals surface area (Å²) in [7, 11) is 1.62. The molecule has 5 rings (SSSR count). The van der Waals surface area contributed by atoms with Gasteiger partial charge in [-0.15, -0.1) is 0 Å². The highest BCUT2D eigenvalue weighted by atomic mass is 19.3. The molecule has 0 bridgehead atoms. The standard InChI is InChI=1S/C25H23F2N5O4/c1-30-22(33)19-7-6-15(18-11-28-25(29-12-18)31-9-8-17(13-31)23(34)35)10-20(19)32(30)14-16-4-2-3-5-21(16)36-24(26)27/h2-7,10-12,17,24H,8-9,13-14H2,1H3,(H,34,35)/t17-/m0/s1. The summed E-state index contributed by atoms with van der Waals surface area (Å²) in [6, 6.07) is 11.8. The van der Waals surface area contributed by atoms with E-state index in [9.17, 15) is 23.5 Å². The Morgan fingerprint density at radius 1 is 1.17 bits per heavy atom. The number of ether oxygens (including phenoxy) is 1. The molecule has 9 nitrogen and oxygen atoms in total. The van der Waals surface area contributed by atoms with E-state index in [2.05, 4.69) is 14.7 Å². The number of carboxylic acids is 1. The second-order valence-corrected chi connectivity index (χ2v) is 8.65. The smallest absolute Gasteiger partial charge is 0.387 e. The predicted molar refractivity (Wildman–Crippen MR) is 128 cm³/mol. The quantitative estimate of drug-likeness (QED) is 0.419. The van der Waals surface area contributed by atoms with E-state index in [0.717, 1.165) is 11.1 Å². The molecule has 4 aromatic rings. The molecule has 1 aliphatic heterocycles. The lowest BCUT2D eigenvalue weighted by Gasteiger charge is -2.15. The third-order valence-electron chi connectivity index (χ3n) is 6.46. The monoisotopic (exact) mass is 495 g/mol. The van der Waals surface area contributed by atoms with E-state index in [4.69, 9.17) is 0 Å². The Labute approximate surface area is 204 Å². The summed E-state index contributed by atoms with van der Waals surface area (Å²) >= 11 is 0. The topological polar surface area (TPSA) is 102 Å². The van der Waals surface area contributed by atoms with E-state index in [1.165, 1.54) is 10.7 Å². The minimum atomic E-state index is -2.96. The Morgan fingerprint density at radius 2 is 1.92 bits per heavy atom. The number of carbonyl (C=O) groups is 1. The van der Waals surface area contributed by atoms with Crippen LogP contribution in [0.25, 0.3) is 22.0 Å². The van der Waals surface area contributed by atoms with Crippen molar-refractivity contribution in [2.24, 2.45) is 13.0 Å². The molecule has 2 aromatic heterocycles. The summed E-state index contributed by atoms with van der Waals surface area (Å²) in [4.78, 5) is 34.8. The fourth-order valence-corrected chi connectivity index (χ4v) is 4.53. The number of carboxylic acid groups (broad SMARTS) is 1. The highest BCUT2D eigenvalue weighted by Crippen LogP contribution is 2.27. The van der Waals surface area contributed by atoms with E-state index >= 15 is 0 Å². The summed E-state index contributed by atoms with van der Waals surface area (Å²) in [5.41, 5.74) is 2.42. The summed E-state index contributed by atoms with van der Waals surface area (Å²) < 4.78 is 33.6. The van der Waals surface area contributed by atoms with Crippen molar-refractivity contribution < 1.29 is 23.4 Å². The van der Waals surface area contributed by atoms with Crippen LogP contribution in [-0.2, 0) is 18.4 Å². The molecule has 36 heavy (non-hydrogen) atoms. The van der Waals surface area contributed by atoms with Crippen molar-refractivity contribution in [1.29, 1.82) is 0 Å². The van der Waals surface area contributed by atoms with Crippen LogP contribution in [0.2, 0.25) is 0 Å². The fourth-order valence-electron chi connectivity index (χ4n) is 4.53. The molecule has 11 heteroatoms. The van der Waals surface area contributed by atoms with E-state index in [1.807, 2.05) is 11.0 Å². The Hall–Kier alpha value is -4.28. The van der Waals surface area contributed by atoms with Crippen molar-refractivity contribution in [2.75, 3.05) is 18.0 Å². The number of aliphatic carboxylic acids is 1. The van der Waals surface area contributed by atoms with E-state index in [1.54, 1.807) is 54.5 Å². The number of fused-ring (bicyclic) bond motifs is 1. The molecule has 0 amide bonds. The van der Waals surface area contributed by atoms with Gasteiger partial charge in [-0.3, -0.25) is 19.0 Å². The fraction of sp³-hybridized carbons (Fsp3) is 0.280. The SMILES string of the molecule is Cn1c(=O)c2ccc(-c3cnc(N4CC[C@H](C(=O)O)C4)nc3)cc2n1Cc1ccccc1OC(F)F. The van der Waals surface area contributed by atoms with Gasteiger partial charge in [-0.1, -0.05) is 24.3 Å². The average molecular weight is 495 g/mol. The van der Waals surface area contributed by atoms with Gasteiger partial charge < -0.3 is 14.7 Å². The number of rotatable bonds is 7. The first-order valence-electron chi connectivity index (χ1n) is 11.3. The van der Waals surface area contributed by atoms with Crippen LogP contribution >= 0.6 is 0 Å². The van der Waals surface area contributed by atoms with Crippen LogP contribution in [0.1, 0.15) is 12.0 Å². The molecule has 0 aliphatic carbocycles. The molecule has 1 fully saturated rings. The zero-order valence-electron chi connectivity index (χ0n) is 19.3. The second-order valence-electron chi connectivity index (χ2n) is 8.65. The van der Waals surface area contributed by atoms with Crippen LogP contribution in [0, 0.1) is 5.92 Å². The summed E-state index contributed by atoms with van der Waals surface area (Å²) in [6.45, 7) is -1.86. The average Bonchev–Trinajstić information content (AvgIpc) is 3.45. The van der Waals surface area contributed by atoms with Gasteiger partial charge in [0, 0.05) is 43.7 Å². The van der Waals surface area contributed by atoms with E-state index in [-0.39, 0.29) is 17.9 Å². The molecule has 1 aliphatic rings. The predicted octanol–water partition coefficient (Wildman–Crippen LogP) is 3.36. The molecular weight excluding hydrogens is 472 g/mol. The van der Waals surface area contributed by atoms with Crippen LogP contribution in [0.3, 0.4) is 0 Å². The van der Waals surface area contributed by atoms with Crippen molar-refractivity contribution in [1.82, 2.24) is 19.3 Å². The number of nitrogens with zero attached hydrogens (tertiary/aromatic N) is 5. The molecule has 0 radical (unpaired) electrons. The zero-order chi connectivity index (χ0) is 25.4. The van der Waals surface area contributed by atoms with Crippen molar-refractivity contribution in [3.8, 4) is 16.9 Å². The van der Waals surface area contributed by atoms with Gasteiger partial charge in [-0.05, 0) is 30.2 Å². The Bertz CT molecular complexity index is 1480. The van der Waals surface area contributed by atoms with Crippen LogP contribution in [0.4, 0.5) is 14.7 Å². The maximum atomic E-state index is 12.9. The lowest BCUT2D eigenvalue weighted by Crippen LogP contribution is -2.24. The van der Waals surface area contributed by atoms with Gasteiger partial charge in [0.15, 0.2) is 0 Å². The molecule has 3 heterocycles. The highest BCUT2D eigenvalue weighted by Gasteiger charge is 2.29. The first-order chi connectivity index (χ1) is 17.3. The van der Waals surface area contributed by atoms with Gasteiger partial charge in [-0.2, -0.15) is 8.78 Å². The number of para-hydroxylation sites is 1. The minimum absolute atomic E-state index is 0.0500. The molecule has 2 aromatic carbocycles. The van der Waals surface area contributed by atoms with Gasteiger partial charge >= 0.3 is 12.6 Å². The summed E-state index contributed by atoms with van der Waals surface area (Å²) in [5.74, 6) is -0.730. The molecule has 0 spiro atoms. The molecule has 0 unspecified atom stereocenters. The number of aromatic nitrogens is 4. The lowest BCUT2D eigenvalue weighted by atomic mass is 10.1. The molecule has 186 valence electrons. The third-order valence-corrected chi connectivity index (χ3v) is 6.46. The van der Waals surface area contributed by atoms with Crippen molar-refractivity contribution in [3.05, 3.63) is 70.8 Å². The van der Waals surface area contributed by atoms with Gasteiger partial charge in [0.05, 0.1) is 23.4 Å². The van der Waals surface area contributed by atoms with Gasteiger partial charge in [0.1, 0.15) is 5.75 Å². The highest BCUT2D eigenvalue weighted by molar-refractivity contribution is 5.84. The summed E-state index contributed by atoms with van der Waals surface area (Å²) in [6.07, 6.45) is 3.87. The van der Waals surface area contributed by atoms with Crippen molar-refractivity contribution in [2.45, 2.75) is 19.6 Å². The van der Waals surface area contributed by atoms with E-state index < -0.39 is 18.5 Å². The first kappa shape index (κ1) is 23.5. The molecule has 1 atom stereocenters. The lowest BCUT2D eigenvalue weighted by molar-refractivity contribution is -0.140. The third kappa shape index (κ3) is 4.39. The normalized spacial score (nSPS) is 15.7. The molecule has 0 saturated carbocycles. The number of benzene rings is 2. The first-order valence-corrected chi connectivity index (χ1v) is 11.3. The van der Waals surface area contributed by atoms with Gasteiger partial charge in [-0.25, -0.2) is 9.97 Å². The molecular formula is C25H23F2N5O4. The zero-order valence-corrected chi connectivity index (χ0v) is 19.3.